The molecule has 3 heteroatoms. The highest BCUT2D eigenvalue weighted by Crippen LogP contribution is 2.23. The topological polar surface area (TPSA) is 30.0 Å². The van der Waals surface area contributed by atoms with E-state index in [2.05, 4.69) is 4.98 Å². The van der Waals surface area contributed by atoms with Gasteiger partial charge in [0.25, 0.3) is 0 Å². The lowest BCUT2D eigenvalue weighted by Crippen LogP contribution is -1.86. The molecule has 70 valence electrons. The SMILES string of the molecule is Cc1cnc2c(Cl)cc(C=O)cc2c1. The highest BCUT2D eigenvalue weighted by atomic mass is 35.5. The van der Waals surface area contributed by atoms with Crippen molar-refractivity contribution in [3.05, 3.63) is 40.5 Å². The summed E-state index contributed by atoms with van der Waals surface area (Å²) in [4.78, 5) is 14.8. The minimum atomic E-state index is 0.518. The molecule has 1 aromatic carbocycles. The maximum Gasteiger partial charge on any atom is 0.150 e. The molecule has 0 amide bonds. The largest absolute Gasteiger partial charge is 0.298 e. The van der Waals surface area contributed by atoms with Gasteiger partial charge in [-0.25, -0.2) is 0 Å². The first-order valence-electron chi connectivity index (χ1n) is 4.22. The van der Waals surface area contributed by atoms with E-state index < -0.39 is 0 Å². The zero-order valence-electron chi connectivity index (χ0n) is 7.62. The van der Waals surface area contributed by atoms with Crippen molar-refractivity contribution in [2.45, 2.75) is 6.92 Å². The van der Waals surface area contributed by atoms with Gasteiger partial charge in [-0.3, -0.25) is 9.78 Å². The summed E-state index contributed by atoms with van der Waals surface area (Å²) < 4.78 is 0. The van der Waals surface area contributed by atoms with Gasteiger partial charge >= 0.3 is 0 Å². The van der Waals surface area contributed by atoms with Gasteiger partial charge in [0.15, 0.2) is 0 Å². The molecule has 0 spiro atoms. The van der Waals surface area contributed by atoms with Crippen molar-refractivity contribution in [3.63, 3.8) is 0 Å². The van der Waals surface area contributed by atoms with Crippen LogP contribution in [0.5, 0.6) is 0 Å². The zero-order valence-corrected chi connectivity index (χ0v) is 8.38. The summed E-state index contributed by atoms with van der Waals surface area (Å²) in [6, 6.07) is 5.37. The number of fused-ring (bicyclic) bond motifs is 1. The van der Waals surface area contributed by atoms with E-state index in [1.807, 2.05) is 13.0 Å². The first kappa shape index (κ1) is 9.16. The van der Waals surface area contributed by atoms with Crippen LogP contribution in [0.3, 0.4) is 0 Å². The van der Waals surface area contributed by atoms with Crippen molar-refractivity contribution in [3.8, 4) is 0 Å². The lowest BCUT2D eigenvalue weighted by Gasteiger charge is -2.01. The Morgan fingerprint density at radius 1 is 1.36 bits per heavy atom. The molecule has 0 aliphatic carbocycles. The monoisotopic (exact) mass is 205 g/mol. The van der Waals surface area contributed by atoms with Gasteiger partial charge in [0.1, 0.15) is 6.29 Å². The molecule has 0 aliphatic rings. The van der Waals surface area contributed by atoms with Gasteiger partial charge < -0.3 is 0 Å². The predicted octanol–water partition coefficient (Wildman–Crippen LogP) is 3.01. The van der Waals surface area contributed by atoms with E-state index in [9.17, 15) is 4.79 Å². The minimum absolute atomic E-state index is 0.518. The third kappa shape index (κ3) is 1.49. The fourth-order valence-corrected chi connectivity index (χ4v) is 1.69. The summed E-state index contributed by atoms with van der Waals surface area (Å²) in [5, 5.41) is 1.42. The molecule has 1 heterocycles. The molecule has 0 saturated carbocycles. The number of nitrogens with zero attached hydrogens (tertiary/aromatic N) is 1. The molecule has 2 nitrogen and oxygen atoms in total. The van der Waals surface area contributed by atoms with Gasteiger partial charge in [0.05, 0.1) is 10.5 Å². The number of carbonyl (C=O) groups excluding carboxylic acids is 1. The molecule has 0 saturated heterocycles. The van der Waals surface area contributed by atoms with Gasteiger partial charge in [-0.1, -0.05) is 11.6 Å². The Bertz CT molecular complexity index is 508. The molecular weight excluding hydrogens is 198 g/mol. The number of benzene rings is 1. The van der Waals surface area contributed by atoms with Crippen LogP contribution in [0, 0.1) is 6.92 Å². The molecule has 1 aromatic heterocycles. The number of rotatable bonds is 1. The molecule has 0 bridgehead atoms. The first-order valence-corrected chi connectivity index (χ1v) is 4.59. The first-order chi connectivity index (χ1) is 6.70. The number of pyridine rings is 1. The summed E-state index contributed by atoms with van der Waals surface area (Å²) >= 11 is 5.97. The third-order valence-corrected chi connectivity index (χ3v) is 2.32. The molecule has 0 N–H and O–H groups in total. The minimum Gasteiger partial charge on any atom is -0.298 e. The highest BCUT2D eigenvalue weighted by molar-refractivity contribution is 6.35. The van der Waals surface area contributed by atoms with Gasteiger partial charge in [0.2, 0.25) is 0 Å². The predicted molar refractivity (Wildman–Crippen MR) is 56.9 cm³/mol. The molecule has 0 unspecified atom stereocenters. The smallest absolute Gasteiger partial charge is 0.150 e. The standard InChI is InChI=1S/C11H8ClNO/c1-7-2-9-3-8(6-14)4-10(12)11(9)13-5-7/h2-6H,1H3. The quantitative estimate of drug-likeness (QED) is 0.670. The van der Waals surface area contributed by atoms with Crippen molar-refractivity contribution in [1.29, 1.82) is 0 Å². The Morgan fingerprint density at radius 3 is 2.86 bits per heavy atom. The van der Waals surface area contributed by atoms with Gasteiger partial charge in [-0.2, -0.15) is 0 Å². The number of aldehydes is 1. The molecule has 0 fully saturated rings. The number of halogens is 1. The van der Waals surface area contributed by atoms with Crippen LogP contribution < -0.4 is 0 Å². The van der Waals surface area contributed by atoms with Crippen molar-refractivity contribution in [2.75, 3.05) is 0 Å². The lowest BCUT2D eigenvalue weighted by molar-refractivity contribution is 0.112. The number of aryl methyl sites for hydroxylation is 1. The summed E-state index contributed by atoms with van der Waals surface area (Å²) in [6.07, 6.45) is 2.54. The Hall–Kier alpha value is -1.41. The van der Waals surface area contributed by atoms with Crippen molar-refractivity contribution in [1.82, 2.24) is 4.98 Å². The van der Waals surface area contributed by atoms with Gasteiger partial charge in [0, 0.05) is 17.1 Å². The average molecular weight is 206 g/mol. The number of carbonyl (C=O) groups is 1. The fraction of sp³-hybridized carbons (Fsp3) is 0.0909. The van der Waals surface area contributed by atoms with E-state index in [1.165, 1.54) is 0 Å². The van der Waals surface area contributed by atoms with Crippen LogP contribution in [-0.2, 0) is 0 Å². The van der Waals surface area contributed by atoms with Crippen molar-refractivity contribution in [2.24, 2.45) is 0 Å². The maximum absolute atomic E-state index is 10.6. The molecule has 2 aromatic rings. The Kier molecular flexibility index (Phi) is 2.22. The van der Waals surface area contributed by atoms with Crippen LogP contribution in [0.1, 0.15) is 15.9 Å². The summed E-state index contributed by atoms with van der Waals surface area (Å²) in [5.41, 5.74) is 2.37. The second-order valence-corrected chi connectivity index (χ2v) is 3.61. The molecule has 2 rings (SSSR count). The summed E-state index contributed by atoms with van der Waals surface area (Å²) in [6.45, 7) is 1.95. The number of hydrogen-bond acceptors (Lipinski definition) is 2. The van der Waals surface area contributed by atoms with E-state index in [4.69, 9.17) is 11.6 Å². The van der Waals surface area contributed by atoms with Crippen LogP contribution in [0.2, 0.25) is 5.02 Å². The van der Waals surface area contributed by atoms with E-state index in [0.717, 1.165) is 22.8 Å². The highest BCUT2D eigenvalue weighted by Gasteiger charge is 2.03. The zero-order chi connectivity index (χ0) is 10.1. The van der Waals surface area contributed by atoms with Crippen LogP contribution in [0.25, 0.3) is 10.9 Å². The second-order valence-electron chi connectivity index (χ2n) is 3.20. The van der Waals surface area contributed by atoms with Crippen molar-refractivity contribution < 1.29 is 4.79 Å². The molecule has 14 heavy (non-hydrogen) atoms. The lowest BCUT2D eigenvalue weighted by atomic mass is 10.1. The van der Waals surface area contributed by atoms with Crippen molar-refractivity contribution >= 4 is 28.8 Å². The van der Waals surface area contributed by atoms with Gasteiger partial charge in [-0.15, -0.1) is 0 Å². The van der Waals surface area contributed by atoms with Gasteiger partial charge in [-0.05, 0) is 30.7 Å². The van der Waals surface area contributed by atoms with E-state index in [0.29, 0.717) is 10.6 Å². The molecular formula is C11H8ClNO. The number of aromatic nitrogens is 1. The van der Waals surface area contributed by atoms with Crippen LogP contribution in [0.4, 0.5) is 0 Å². The fourth-order valence-electron chi connectivity index (χ4n) is 1.41. The number of hydrogen-bond donors (Lipinski definition) is 0. The summed E-state index contributed by atoms with van der Waals surface area (Å²) in [5.74, 6) is 0. The maximum atomic E-state index is 10.6. The second kappa shape index (κ2) is 3.39. The summed E-state index contributed by atoms with van der Waals surface area (Å²) in [7, 11) is 0. The normalized spacial score (nSPS) is 10.4. The van der Waals surface area contributed by atoms with E-state index >= 15 is 0 Å². The molecule has 0 aliphatic heterocycles. The third-order valence-electron chi connectivity index (χ3n) is 2.03. The van der Waals surface area contributed by atoms with Crippen LogP contribution in [0.15, 0.2) is 24.4 Å². The van der Waals surface area contributed by atoms with Crippen LogP contribution >= 0.6 is 11.6 Å². The Balaban J connectivity index is 2.83. The van der Waals surface area contributed by atoms with E-state index in [-0.39, 0.29) is 0 Å². The molecule has 0 atom stereocenters. The van der Waals surface area contributed by atoms with E-state index in [1.54, 1.807) is 18.3 Å². The van der Waals surface area contributed by atoms with Crippen LogP contribution in [-0.4, -0.2) is 11.3 Å². The average Bonchev–Trinajstić information content (AvgIpc) is 2.16. The Labute approximate surface area is 86.5 Å². The molecule has 0 radical (unpaired) electrons. The Morgan fingerprint density at radius 2 is 2.14 bits per heavy atom.